The van der Waals surface area contributed by atoms with Crippen molar-refractivity contribution in [2.45, 2.75) is 32.4 Å². The van der Waals surface area contributed by atoms with Gasteiger partial charge in [0.2, 0.25) is 17.9 Å². The smallest absolute Gasteiger partial charge is 0.267 e. The van der Waals surface area contributed by atoms with Crippen molar-refractivity contribution in [2.75, 3.05) is 32.8 Å². The van der Waals surface area contributed by atoms with E-state index in [4.69, 9.17) is 9.47 Å². The average Bonchev–Trinajstić information content (AvgIpc) is 2.86. The Balaban J connectivity index is 1.30. The molecule has 2 aromatic rings. The van der Waals surface area contributed by atoms with E-state index in [0.717, 1.165) is 5.56 Å². The second-order valence-corrected chi connectivity index (χ2v) is 8.97. The normalized spacial score (nSPS) is 18.4. The molecule has 0 radical (unpaired) electrons. The van der Waals surface area contributed by atoms with Gasteiger partial charge in [-0.15, -0.1) is 0 Å². The minimum atomic E-state index is -0.696. The summed E-state index contributed by atoms with van der Waals surface area (Å²) in [5.74, 6) is 0.706. The molecule has 8 nitrogen and oxygen atoms in total. The molecule has 2 atom stereocenters. The first-order valence-corrected chi connectivity index (χ1v) is 11.7. The van der Waals surface area contributed by atoms with Gasteiger partial charge in [0.15, 0.2) is 11.5 Å². The molecule has 0 aromatic heterocycles. The van der Waals surface area contributed by atoms with Crippen LogP contribution in [0, 0.1) is 5.92 Å². The lowest BCUT2D eigenvalue weighted by Gasteiger charge is -2.38. The molecule has 1 fully saturated rings. The average molecular weight is 466 g/mol. The molecule has 1 saturated heterocycles. The lowest BCUT2D eigenvalue weighted by molar-refractivity contribution is -0.147. The number of hydrogen-bond donors (Lipinski definition) is 1. The number of benzene rings is 2. The summed E-state index contributed by atoms with van der Waals surface area (Å²) in [5.41, 5.74) is 0.901. The van der Waals surface area contributed by atoms with Crippen LogP contribution in [0.2, 0.25) is 0 Å². The maximum atomic E-state index is 13.2. The van der Waals surface area contributed by atoms with E-state index in [1.807, 2.05) is 62.4 Å². The van der Waals surface area contributed by atoms with E-state index < -0.39 is 12.1 Å². The fourth-order valence-corrected chi connectivity index (χ4v) is 4.21. The Labute approximate surface area is 199 Å². The molecule has 3 amide bonds. The molecule has 0 unspecified atom stereocenters. The lowest BCUT2D eigenvalue weighted by atomic mass is 10.0. The van der Waals surface area contributed by atoms with Crippen LogP contribution in [0.5, 0.6) is 11.5 Å². The zero-order valence-electron chi connectivity index (χ0n) is 19.6. The van der Waals surface area contributed by atoms with Crippen LogP contribution in [-0.2, 0) is 20.8 Å². The Kier molecular flexibility index (Phi) is 7.35. The highest BCUT2D eigenvalue weighted by atomic mass is 16.6. The Morgan fingerprint density at radius 3 is 2.21 bits per heavy atom. The quantitative estimate of drug-likeness (QED) is 0.704. The maximum absolute atomic E-state index is 13.2. The molecular weight excluding hydrogens is 434 g/mol. The maximum Gasteiger partial charge on any atom is 0.267 e. The lowest BCUT2D eigenvalue weighted by Crippen LogP contribution is -2.59. The van der Waals surface area contributed by atoms with E-state index in [0.29, 0.717) is 37.7 Å². The Morgan fingerprint density at radius 1 is 0.912 bits per heavy atom. The molecular formula is C26H31N3O5. The number of piperazine rings is 1. The van der Waals surface area contributed by atoms with Crippen LogP contribution in [0.4, 0.5) is 0 Å². The van der Waals surface area contributed by atoms with E-state index in [2.05, 4.69) is 5.32 Å². The van der Waals surface area contributed by atoms with Gasteiger partial charge in [0.05, 0.1) is 6.42 Å². The van der Waals surface area contributed by atoms with Crippen molar-refractivity contribution < 1.29 is 23.9 Å². The van der Waals surface area contributed by atoms with Gasteiger partial charge in [-0.1, -0.05) is 56.3 Å². The molecule has 1 N–H and O–H groups in total. The first kappa shape index (κ1) is 23.6. The predicted octanol–water partition coefficient (Wildman–Crippen LogP) is 1.88. The third kappa shape index (κ3) is 5.50. The van der Waals surface area contributed by atoms with Gasteiger partial charge in [-0.3, -0.25) is 14.4 Å². The van der Waals surface area contributed by atoms with E-state index in [1.165, 1.54) is 0 Å². The number of carbonyl (C=O) groups excluding carboxylic acids is 3. The highest BCUT2D eigenvalue weighted by molar-refractivity contribution is 5.89. The van der Waals surface area contributed by atoms with Gasteiger partial charge in [-0.2, -0.15) is 0 Å². The third-order valence-electron chi connectivity index (χ3n) is 6.14. The Morgan fingerprint density at radius 2 is 1.53 bits per heavy atom. The Hall–Kier alpha value is -3.55. The summed E-state index contributed by atoms with van der Waals surface area (Å²) in [6.45, 7) is 5.65. The van der Waals surface area contributed by atoms with E-state index in [-0.39, 0.29) is 36.7 Å². The van der Waals surface area contributed by atoms with Crippen LogP contribution in [-0.4, -0.2) is 72.5 Å². The van der Waals surface area contributed by atoms with Crippen molar-refractivity contribution in [1.82, 2.24) is 15.1 Å². The van der Waals surface area contributed by atoms with Crippen molar-refractivity contribution in [1.29, 1.82) is 0 Å². The van der Waals surface area contributed by atoms with Crippen LogP contribution in [0.3, 0.4) is 0 Å². The van der Waals surface area contributed by atoms with Gasteiger partial charge in [0.1, 0.15) is 12.6 Å². The molecule has 2 heterocycles. The highest BCUT2D eigenvalue weighted by Crippen LogP contribution is 2.31. The fourth-order valence-electron chi connectivity index (χ4n) is 4.21. The molecule has 2 aromatic carbocycles. The summed E-state index contributed by atoms with van der Waals surface area (Å²) >= 11 is 0. The second kappa shape index (κ2) is 10.6. The number of carbonyl (C=O) groups is 3. The molecule has 180 valence electrons. The van der Waals surface area contributed by atoms with Crippen molar-refractivity contribution in [2.24, 2.45) is 5.92 Å². The minimum Gasteiger partial charge on any atom is -0.485 e. The first-order valence-electron chi connectivity index (χ1n) is 11.7. The number of ether oxygens (including phenoxy) is 2. The van der Waals surface area contributed by atoms with Crippen LogP contribution in [0.1, 0.15) is 19.4 Å². The van der Waals surface area contributed by atoms with Gasteiger partial charge in [-0.05, 0) is 23.6 Å². The minimum absolute atomic E-state index is 0.0558. The van der Waals surface area contributed by atoms with Crippen molar-refractivity contribution >= 4 is 17.7 Å². The molecule has 8 heteroatoms. The van der Waals surface area contributed by atoms with Gasteiger partial charge in [-0.25, -0.2) is 0 Å². The second-order valence-electron chi connectivity index (χ2n) is 8.97. The Bertz CT molecular complexity index is 1020. The first-order chi connectivity index (χ1) is 16.4. The van der Waals surface area contributed by atoms with Gasteiger partial charge in [0, 0.05) is 26.2 Å². The van der Waals surface area contributed by atoms with Crippen molar-refractivity contribution in [3.8, 4) is 11.5 Å². The molecule has 34 heavy (non-hydrogen) atoms. The van der Waals surface area contributed by atoms with Crippen LogP contribution in [0.15, 0.2) is 54.6 Å². The molecule has 2 aliphatic rings. The van der Waals surface area contributed by atoms with Crippen LogP contribution >= 0.6 is 0 Å². The van der Waals surface area contributed by atoms with Gasteiger partial charge in [0.25, 0.3) is 5.91 Å². The number of nitrogens with one attached hydrogen (secondary N) is 1. The number of rotatable bonds is 6. The monoisotopic (exact) mass is 465 g/mol. The zero-order valence-corrected chi connectivity index (χ0v) is 19.6. The summed E-state index contributed by atoms with van der Waals surface area (Å²) in [7, 11) is 0. The summed E-state index contributed by atoms with van der Waals surface area (Å²) in [4.78, 5) is 42.2. The van der Waals surface area contributed by atoms with Gasteiger partial charge < -0.3 is 24.6 Å². The van der Waals surface area contributed by atoms with Crippen molar-refractivity contribution in [3.05, 3.63) is 60.2 Å². The van der Waals surface area contributed by atoms with Crippen molar-refractivity contribution in [3.63, 3.8) is 0 Å². The summed E-state index contributed by atoms with van der Waals surface area (Å²) in [5, 5.41) is 2.91. The number of amides is 3. The molecule has 0 aliphatic carbocycles. The molecule has 0 spiro atoms. The van der Waals surface area contributed by atoms with E-state index in [9.17, 15) is 14.4 Å². The van der Waals surface area contributed by atoms with Crippen LogP contribution in [0.25, 0.3) is 0 Å². The van der Waals surface area contributed by atoms with E-state index >= 15 is 0 Å². The van der Waals surface area contributed by atoms with E-state index in [1.54, 1.807) is 15.9 Å². The SMILES string of the molecule is CC(C)[C@H](NC(=O)Cc1ccccc1)C(=O)N1CCN(C(=O)[C@@H]2COc3ccccc3O2)CC1. The molecule has 2 aliphatic heterocycles. The summed E-state index contributed by atoms with van der Waals surface area (Å²) < 4.78 is 11.5. The zero-order chi connectivity index (χ0) is 24.1. The topological polar surface area (TPSA) is 88.2 Å². The number of para-hydroxylation sites is 2. The summed E-state index contributed by atoms with van der Waals surface area (Å²) in [6, 6.07) is 16.1. The summed E-state index contributed by atoms with van der Waals surface area (Å²) in [6.07, 6.45) is -0.468. The van der Waals surface area contributed by atoms with Gasteiger partial charge >= 0.3 is 0 Å². The fraction of sp³-hybridized carbons (Fsp3) is 0.423. The molecule has 4 rings (SSSR count). The standard InChI is InChI=1S/C26H31N3O5/c1-18(2)24(27-23(30)16-19-8-4-3-5-9-19)26(32)29-14-12-28(13-15-29)25(31)22-17-33-20-10-6-7-11-21(20)34-22/h3-11,18,22,24H,12-17H2,1-2H3,(H,27,30)/t22-,24-/m0/s1. The number of hydrogen-bond acceptors (Lipinski definition) is 5. The number of fused-ring (bicyclic) bond motifs is 1. The molecule has 0 bridgehead atoms. The predicted molar refractivity (Wildman–Crippen MR) is 126 cm³/mol. The third-order valence-corrected chi connectivity index (χ3v) is 6.14. The highest BCUT2D eigenvalue weighted by Gasteiger charge is 2.35. The largest absolute Gasteiger partial charge is 0.485 e. The van der Waals surface area contributed by atoms with Crippen LogP contribution < -0.4 is 14.8 Å². The number of nitrogens with zero attached hydrogens (tertiary/aromatic N) is 2. The molecule has 0 saturated carbocycles.